The van der Waals surface area contributed by atoms with E-state index in [1.807, 2.05) is 6.07 Å². The molecular formula is C15H24BrNO. The average molecular weight is 314 g/mol. The number of rotatable bonds is 7. The molecule has 0 N–H and O–H groups in total. The first-order chi connectivity index (χ1) is 8.60. The van der Waals surface area contributed by atoms with Crippen LogP contribution in [-0.4, -0.2) is 25.1 Å². The molecule has 1 rings (SSSR count). The first-order valence-electron chi connectivity index (χ1n) is 6.65. The van der Waals surface area contributed by atoms with Gasteiger partial charge in [-0.15, -0.1) is 0 Å². The van der Waals surface area contributed by atoms with Crippen LogP contribution < -0.4 is 4.74 Å². The van der Waals surface area contributed by atoms with Gasteiger partial charge in [0.25, 0.3) is 0 Å². The molecule has 1 aromatic rings. The summed E-state index contributed by atoms with van der Waals surface area (Å²) in [5.41, 5.74) is 1.29. The van der Waals surface area contributed by atoms with Gasteiger partial charge in [-0.3, -0.25) is 4.90 Å². The number of ether oxygens (including phenoxy) is 1. The Morgan fingerprint density at radius 1 is 1.33 bits per heavy atom. The molecule has 102 valence electrons. The third-order valence-electron chi connectivity index (χ3n) is 3.36. The molecule has 0 aromatic heterocycles. The molecule has 0 saturated carbocycles. The second-order valence-electron chi connectivity index (χ2n) is 4.80. The summed E-state index contributed by atoms with van der Waals surface area (Å²) in [6.45, 7) is 9.98. The van der Waals surface area contributed by atoms with Crippen LogP contribution >= 0.6 is 15.9 Å². The summed E-state index contributed by atoms with van der Waals surface area (Å²) < 4.78 is 6.45. The molecule has 0 radical (unpaired) electrons. The Balaban J connectivity index is 2.74. The molecule has 0 aliphatic rings. The van der Waals surface area contributed by atoms with Gasteiger partial charge in [-0.1, -0.05) is 43.1 Å². The van der Waals surface area contributed by atoms with Gasteiger partial charge in [-0.25, -0.2) is 0 Å². The molecule has 0 spiro atoms. The van der Waals surface area contributed by atoms with Crippen molar-refractivity contribution in [3.63, 3.8) is 0 Å². The predicted molar refractivity (Wildman–Crippen MR) is 81.1 cm³/mol. The highest BCUT2D eigenvalue weighted by Gasteiger charge is 2.10. The minimum Gasteiger partial charge on any atom is -0.497 e. The van der Waals surface area contributed by atoms with Crippen LogP contribution in [0, 0.1) is 5.92 Å². The molecule has 0 fully saturated rings. The van der Waals surface area contributed by atoms with Crippen molar-refractivity contribution in [3.05, 3.63) is 28.2 Å². The second kappa shape index (κ2) is 7.80. The Morgan fingerprint density at radius 2 is 2.06 bits per heavy atom. The number of methoxy groups -OCH3 is 1. The highest BCUT2D eigenvalue weighted by molar-refractivity contribution is 9.10. The molecule has 0 heterocycles. The lowest BCUT2D eigenvalue weighted by Crippen LogP contribution is -2.28. The minimum absolute atomic E-state index is 0.745. The van der Waals surface area contributed by atoms with E-state index in [0.29, 0.717) is 0 Å². The zero-order valence-electron chi connectivity index (χ0n) is 11.9. The molecule has 0 bridgehead atoms. The quantitative estimate of drug-likeness (QED) is 0.743. The van der Waals surface area contributed by atoms with Crippen molar-refractivity contribution in [1.82, 2.24) is 4.90 Å². The van der Waals surface area contributed by atoms with Crippen molar-refractivity contribution in [2.45, 2.75) is 33.7 Å². The highest BCUT2D eigenvalue weighted by atomic mass is 79.9. The summed E-state index contributed by atoms with van der Waals surface area (Å²) in [6, 6.07) is 6.16. The number of nitrogens with zero attached hydrogens (tertiary/aromatic N) is 1. The fourth-order valence-corrected chi connectivity index (χ4v) is 2.29. The largest absolute Gasteiger partial charge is 0.497 e. The molecule has 1 aromatic carbocycles. The number of benzene rings is 1. The summed E-state index contributed by atoms with van der Waals surface area (Å²) in [5.74, 6) is 1.67. The van der Waals surface area contributed by atoms with Crippen LogP contribution in [0.2, 0.25) is 0 Å². The summed E-state index contributed by atoms with van der Waals surface area (Å²) >= 11 is 3.62. The maximum absolute atomic E-state index is 5.29. The van der Waals surface area contributed by atoms with Gasteiger partial charge in [0.2, 0.25) is 0 Å². The molecule has 0 amide bonds. The molecule has 3 heteroatoms. The normalized spacial score (nSPS) is 12.8. The summed E-state index contributed by atoms with van der Waals surface area (Å²) in [6.07, 6.45) is 1.23. The molecule has 0 aliphatic carbocycles. The summed E-state index contributed by atoms with van der Waals surface area (Å²) in [4.78, 5) is 2.48. The molecule has 0 saturated heterocycles. The number of hydrogen-bond donors (Lipinski definition) is 0. The standard InChI is InChI=1S/C15H24BrNO/c1-5-12(3)10-17(6-2)11-13-9-14(18-4)7-8-15(13)16/h7-9,12H,5-6,10-11H2,1-4H3. The van der Waals surface area contributed by atoms with Crippen LogP contribution in [0.4, 0.5) is 0 Å². The third-order valence-corrected chi connectivity index (χ3v) is 4.13. The van der Waals surface area contributed by atoms with E-state index in [2.05, 4.69) is 53.7 Å². The van der Waals surface area contributed by atoms with Crippen LogP contribution in [0.1, 0.15) is 32.8 Å². The third kappa shape index (κ3) is 4.62. The van der Waals surface area contributed by atoms with E-state index < -0.39 is 0 Å². The van der Waals surface area contributed by atoms with Crippen molar-refractivity contribution in [2.75, 3.05) is 20.2 Å². The summed E-state index contributed by atoms with van der Waals surface area (Å²) in [7, 11) is 1.71. The van der Waals surface area contributed by atoms with E-state index in [1.54, 1.807) is 7.11 Å². The first kappa shape index (κ1) is 15.5. The van der Waals surface area contributed by atoms with E-state index in [4.69, 9.17) is 4.74 Å². The van der Waals surface area contributed by atoms with Crippen molar-refractivity contribution in [2.24, 2.45) is 5.92 Å². The highest BCUT2D eigenvalue weighted by Crippen LogP contribution is 2.24. The van der Waals surface area contributed by atoms with Crippen molar-refractivity contribution >= 4 is 15.9 Å². The van der Waals surface area contributed by atoms with Gasteiger partial charge in [-0.05, 0) is 36.2 Å². The van der Waals surface area contributed by atoms with E-state index in [-0.39, 0.29) is 0 Å². The van der Waals surface area contributed by atoms with Gasteiger partial charge in [0.05, 0.1) is 7.11 Å². The van der Waals surface area contributed by atoms with Crippen molar-refractivity contribution < 1.29 is 4.74 Å². The summed E-state index contributed by atoms with van der Waals surface area (Å²) in [5, 5.41) is 0. The Labute approximate surface area is 119 Å². The SMILES string of the molecule is CCC(C)CN(CC)Cc1cc(OC)ccc1Br. The minimum atomic E-state index is 0.745. The Bertz CT molecular complexity index is 368. The fourth-order valence-electron chi connectivity index (χ4n) is 1.92. The van der Waals surface area contributed by atoms with Gasteiger partial charge >= 0.3 is 0 Å². The Kier molecular flexibility index (Phi) is 6.72. The Hall–Kier alpha value is -0.540. The topological polar surface area (TPSA) is 12.5 Å². The van der Waals surface area contributed by atoms with Gasteiger partial charge < -0.3 is 4.74 Å². The van der Waals surface area contributed by atoms with Gasteiger partial charge in [0.15, 0.2) is 0 Å². The van der Waals surface area contributed by atoms with E-state index in [1.165, 1.54) is 12.0 Å². The maximum atomic E-state index is 5.29. The van der Waals surface area contributed by atoms with E-state index in [0.717, 1.165) is 35.8 Å². The van der Waals surface area contributed by atoms with Gasteiger partial charge in [0, 0.05) is 17.6 Å². The lowest BCUT2D eigenvalue weighted by molar-refractivity contribution is 0.237. The number of halogens is 1. The zero-order valence-corrected chi connectivity index (χ0v) is 13.5. The van der Waals surface area contributed by atoms with E-state index in [9.17, 15) is 0 Å². The second-order valence-corrected chi connectivity index (χ2v) is 5.65. The molecule has 1 atom stereocenters. The number of hydrogen-bond acceptors (Lipinski definition) is 2. The first-order valence-corrected chi connectivity index (χ1v) is 7.44. The lowest BCUT2D eigenvalue weighted by Gasteiger charge is -2.24. The monoisotopic (exact) mass is 313 g/mol. The van der Waals surface area contributed by atoms with Gasteiger partial charge in [0.1, 0.15) is 5.75 Å². The zero-order chi connectivity index (χ0) is 13.5. The Morgan fingerprint density at radius 3 is 2.61 bits per heavy atom. The molecular weight excluding hydrogens is 290 g/mol. The predicted octanol–water partition coefficient (Wildman–Crippen LogP) is 4.33. The van der Waals surface area contributed by atoms with Gasteiger partial charge in [-0.2, -0.15) is 0 Å². The van der Waals surface area contributed by atoms with E-state index >= 15 is 0 Å². The molecule has 18 heavy (non-hydrogen) atoms. The smallest absolute Gasteiger partial charge is 0.119 e. The van der Waals surface area contributed by atoms with Crippen LogP contribution in [0.3, 0.4) is 0 Å². The van der Waals surface area contributed by atoms with Crippen LogP contribution in [0.25, 0.3) is 0 Å². The van der Waals surface area contributed by atoms with Crippen LogP contribution in [0.5, 0.6) is 5.75 Å². The fraction of sp³-hybridized carbons (Fsp3) is 0.600. The van der Waals surface area contributed by atoms with Crippen molar-refractivity contribution in [3.8, 4) is 5.75 Å². The molecule has 1 unspecified atom stereocenters. The molecule has 0 aliphatic heterocycles. The molecule has 2 nitrogen and oxygen atoms in total. The maximum Gasteiger partial charge on any atom is 0.119 e. The lowest BCUT2D eigenvalue weighted by atomic mass is 10.1. The van der Waals surface area contributed by atoms with Crippen LogP contribution in [0.15, 0.2) is 22.7 Å². The average Bonchev–Trinajstić information content (AvgIpc) is 2.39. The van der Waals surface area contributed by atoms with Crippen LogP contribution in [-0.2, 0) is 6.54 Å². The van der Waals surface area contributed by atoms with Crippen molar-refractivity contribution in [1.29, 1.82) is 0 Å².